The van der Waals surface area contributed by atoms with Gasteiger partial charge in [-0.2, -0.15) is 0 Å². The van der Waals surface area contributed by atoms with Crippen molar-refractivity contribution in [2.45, 2.75) is 37.8 Å². The first-order valence-electron chi connectivity index (χ1n) is 6.27. The van der Waals surface area contributed by atoms with Crippen molar-refractivity contribution in [3.05, 3.63) is 35.4 Å². The third kappa shape index (κ3) is 2.04. The number of hydrogen-bond donors (Lipinski definition) is 1. The van der Waals surface area contributed by atoms with E-state index in [-0.39, 0.29) is 17.9 Å². The van der Waals surface area contributed by atoms with Crippen LogP contribution in [0.5, 0.6) is 0 Å². The lowest BCUT2D eigenvalue weighted by Crippen LogP contribution is -2.44. The summed E-state index contributed by atoms with van der Waals surface area (Å²) in [5.41, 5.74) is 8.86. The summed E-state index contributed by atoms with van der Waals surface area (Å²) in [6.45, 7) is 3.06. The Morgan fingerprint density at radius 2 is 2.11 bits per heavy atom. The Balaban J connectivity index is 0.00000120. The second-order valence-corrected chi connectivity index (χ2v) is 5.81. The number of rotatable bonds is 1. The van der Waals surface area contributed by atoms with E-state index in [1.807, 2.05) is 0 Å². The minimum Gasteiger partial charge on any atom is -0.357 e. The first-order valence-corrected chi connectivity index (χ1v) is 6.68. The first-order chi connectivity index (χ1) is 8.09. The molecule has 1 aliphatic carbocycles. The summed E-state index contributed by atoms with van der Waals surface area (Å²) in [5, 5.41) is 0. The van der Waals surface area contributed by atoms with Crippen LogP contribution in [0.4, 0.5) is 0 Å². The number of nitrogens with zero attached hydrogens (tertiary/aromatic N) is 1. The van der Waals surface area contributed by atoms with Gasteiger partial charge >= 0.3 is 0 Å². The minimum atomic E-state index is -0.285. The topological polar surface area (TPSA) is 29.3 Å². The fourth-order valence-corrected chi connectivity index (χ4v) is 3.37. The Labute approximate surface area is 120 Å². The zero-order valence-electron chi connectivity index (χ0n) is 10.6. The van der Waals surface area contributed by atoms with Crippen LogP contribution in [0.3, 0.4) is 0 Å². The molecule has 1 fully saturated rings. The van der Waals surface area contributed by atoms with Crippen LogP contribution in [0.25, 0.3) is 0 Å². The van der Waals surface area contributed by atoms with Gasteiger partial charge in [0, 0.05) is 6.54 Å². The van der Waals surface area contributed by atoms with Gasteiger partial charge in [0.25, 0.3) is 0 Å². The molecule has 1 heterocycles. The molecule has 0 spiro atoms. The van der Waals surface area contributed by atoms with Gasteiger partial charge < -0.3 is 10.6 Å². The van der Waals surface area contributed by atoms with Crippen molar-refractivity contribution >= 4 is 29.6 Å². The highest BCUT2D eigenvalue weighted by Gasteiger charge is 2.40. The lowest BCUT2D eigenvalue weighted by atomic mass is 10.0. The molecule has 2 nitrogen and oxygen atoms in total. The van der Waals surface area contributed by atoms with E-state index < -0.39 is 0 Å². The number of nitrogens with two attached hydrogens (primary N) is 1. The average Bonchev–Trinajstić information content (AvgIpc) is 2.83. The van der Waals surface area contributed by atoms with E-state index in [1.165, 1.54) is 24.0 Å². The van der Waals surface area contributed by atoms with Crippen LogP contribution in [-0.2, 0) is 6.42 Å². The molecule has 1 aromatic rings. The largest absolute Gasteiger partial charge is 0.357 e. The highest BCUT2D eigenvalue weighted by molar-refractivity contribution is 7.80. The fraction of sp³-hybridized carbons (Fsp3) is 0.500. The third-order valence-corrected chi connectivity index (χ3v) is 4.80. The maximum Gasteiger partial charge on any atom is 0.0984 e. The van der Waals surface area contributed by atoms with Crippen molar-refractivity contribution in [3.8, 4) is 0 Å². The molecule has 3 rings (SSSR count). The molecule has 1 saturated heterocycles. The van der Waals surface area contributed by atoms with Gasteiger partial charge in [0.05, 0.1) is 16.6 Å². The van der Waals surface area contributed by atoms with Gasteiger partial charge in [-0.25, -0.2) is 0 Å². The molecule has 2 atom stereocenters. The lowest BCUT2D eigenvalue weighted by molar-refractivity contribution is 0.344. The van der Waals surface area contributed by atoms with Crippen LogP contribution in [0.15, 0.2) is 24.3 Å². The summed E-state index contributed by atoms with van der Waals surface area (Å²) in [5.74, 6) is 0. The van der Waals surface area contributed by atoms with Crippen molar-refractivity contribution in [1.82, 2.24) is 4.90 Å². The predicted molar refractivity (Wildman–Crippen MR) is 81.3 cm³/mol. The monoisotopic (exact) mass is 282 g/mol. The number of benzene rings is 1. The molecule has 1 aliphatic heterocycles. The van der Waals surface area contributed by atoms with Gasteiger partial charge in [0.15, 0.2) is 0 Å². The van der Waals surface area contributed by atoms with Crippen LogP contribution in [0, 0.1) is 0 Å². The molecule has 2 aliphatic rings. The van der Waals surface area contributed by atoms with Gasteiger partial charge in [-0.1, -0.05) is 36.5 Å². The van der Waals surface area contributed by atoms with Gasteiger partial charge in [0.1, 0.15) is 0 Å². The Morgan fingerprint density at radius 1 is 1.39 bits per heavy atom. The second-order valence-electron chi connectivity index (χ2n) is 5.42. The summed E-state index contributed by atoms with van der Waals surface area (Å²) in [6, 6.07) is 9.18. The van der Waals surface area contributed by atoms with E-state index in [4.69, 9.17) is 18.0 Å². The molecule has 1 aromatic carbocycles. The number of likely N-dealkylation sites (tertiary alicyclic amines) is 1. The molecular formula is C14H19ClN2S. The smallest absolute Gasteiger partial charge is 0.0984 e. The third-order valence-electron chi connectivity index (χ3n) is 4.10. The minimum absolute atomic E-state index is 0. The Morgan fingerprint density at radius 3 is 2.78 bits per heavy atom. The Bertz CT molecular complexity index is 473. The number of aryl methyl sites for hydroxylation is 1. The zero-order valence-corrected chi connectivity index (χ0v) is 12.2. The van der Waals surface area contributed by atoms with E-state index in [1.54, 1.807) is 0 Å². The molecule has 0 radical (unpaired) electrons. The molecule has 98 valence electrons. The quantitative estimate of drug-likeness (QED) is 0.803. The number of hydrogen-bond acceptors (Lipinski definition) is 2. The molecule has 2 N–H and O–H groups in total. The van der Waals surface area contributed by atoms with E-state index in [0.29, 0.717) is 6.04 Å². The van der Waals surface area contributed by atoms with Crippen LogP contribution in [0.1, 0.15) is 36.9 Å². The van der Waals surface area contributed by atoms with Gasteiger partial charge in [0.2, 0.25) is 0 Å². The average molecular weight is 283 g/mol. The van der Waals surface area contributed by atoms with E-state index in [2.05, 4.69) is 36.1 Å². The standard InChI is InChI=1S/C14H18N2S.ClH/c1-14(15)8-9-16(13(14)17)12-7-6-10-4-2-3-5-11(10)12;/h2-5,12H,6-9,15H2,1H3;1H/t12-,14+;/m1./s1. The molecule has 0 bridgehead atoms. The summed E-state index contributed by atoms with van der Waals surface area (Å²) in [7, 11) is 0. The number of fused-ring (bicyclic) bond motifs is 1. The first kappa shape index (κ1) is 13.8. The van der Waals surface area contributed by atoms with Crippen molar-refractivity contribution in [1.29, 1.82) is 0 Å². The summed E-state index contributed by atoms with van der Waals surface area (Å²) < 4.78 is 0. The van der Waals surface area contributed by atoms with Crippen molar-refractivity contribution in [3.63, 3.8) is 0 Å². The van der Waals surface area contributed by atoms with E-state index in [9.17, 15) is 0 Å². The maximum absolute atomic E-state index is 6.22. The summed E-state index contributed by atoms with van der Waals surface area (Å²) >= 11 is 5.54. The summed E-state index contributed by atoms with van der Waals surface area (Å²) in [4.78, 5) is 3.29. The molecule has 18 heavy (non-hydrogen) atoms. The van der Waals surface area contributed by atoms with Crippen LogP contribution in [-0.4, -0.2) is 22.0 Å². The van der Waals surface area contributed by atoms with Crippen LogP contribution < -0.4 is 5.73 Å². The highest BCUT2D eigenvalue weighted by atomic mass is 35.5. The van der Waals surface area contributed by atoms with Crippen LogP contribution in [0.2, 0.25) is 0 Å². The molecular weight excluding hydrogens is 264 g/mol. The zero-order chi connectivity index (χ0) is 12.0. The molecule has 4 heteroatoms. The van der Waals surface area contributed by atoms with Crippen molar-refractivity contribution in [2.24, 2.45) is 5.73 Å². The Hall–Kier alpha value is -0.640. The normalized spacial score (nSPS) is 30.2. The Kier molecular flexibility index (Phi) is 3.67. The lowest BCUT2D eigenvalue weighted by Gasteiger charge is -2.29. The van der Waals surface area contributed by atoms with Gasteiger partial charge in [-0.3, -0.25) is 0 Å². The van der Waals surface area contributed by atoms with Crippen molar-refractivity contribution < 1.29 is 0 Å². The van der Waals surface area contributed by atoms with Gasteiger partial charge in [-0.05, 0) is 37.3 Å². The van der Waals surface area contributed by atoms with Crippen molar-refractivity contribution in [2.75, 3.05) is 6.54 Å². The molecule has 0 aromatic heterocycles. The van der Waals surface area contributed by atoms with Gasteiger partial charge in [-0.15, -0.1) is 12.4 Å². The molecule has 0 unspecified atom stereocenters. The fourth-order valence-electron chi connectivity index (χ4n) is 3.05. The SMILES string of the molecule is C[C@]1(N)CCN([C@@H]2CCc3ccccc32)C1=S.Cl. The molecule has 0 saturated carbocycles. The predicted octanol–water partition coefficient (Wildman–Crippen LogP) is 2.85. The molecule has 0 amide bonds. The highest BCUT2D eigenvalue weighted by Crippen LogP contribution is 2.39. The number of halogens is 1. The van der Waals surface area contributed by atoms with E-state index >= 15 is 0 Å². The second kappa shape index (κ2) is 4.80. The number of thiocarbonyl (C=S) groups is 1. The maximum atomic E-state index is 6.22. The van der Waals surface area contributed by atoms with E-state index in [0.717, 1.165) is 18.0 Å². The summed E-state index contributed by atoms with van der Waals surface area (Å²) in [6.07, 6.45) is 3.32. The van der Waals surface area contributed by atoms with Crippen LogP contribution >= 0.6 is 24.6 Å².